The molecule has 0 fully saturated rings. The molecule has 0 saturated heterocycles. The van der Waals surface area contributed by atoms with Crippen molar-refractivity contribution >= 4 is 32.6 Å². The number of hydrogen-bond donors (Lipinski definition) is 1. The first kappa shape index (κ1) is 11.0. The molecule has 0 unspecified atom stereocenters. The molecule has 0 aliphatic carbocycles. The monoisotopic (exact) mass is 311 g/mol. The summed E-state index contributed by atoms with van der Waals surface area (Å²) in [5.74, 6) is 1.02. The van der Waals surface area contributed by atoms with Gasteiger partial charge >= 0.3 is 0 Å². The van der Waals surface area contributed by atoms with Gasteiger partial charge in [0.25, 0.3) is 0 Å². The number of rotatable bonds is 3. The van der Waals surface area contributed by atoms with E-state index in [-0.39, 0.29) is 0 Å². The molecule has 1 aliphatic rings. The Morgan fingerprint density at radius 2 is 2.41 bits per heavy atom. The van der Waals surface area contributed by atoms with Crippen LogP contribution in [-0.2, 0) is 13.0 Å². The Morgan fingerprint density at radius 3 is 3.24 bits per heavy atom. The fourth-order valence-electron chi connectivity index (χ4n) is 1.90. The standard InChI is InChI=1S/C11H10BrN3OS/c12-9-3-7-1-2-16-10(7)8(4-9)5-13-11-14-6-15-17-11/h3-4,6H,1-2,5H2,(H,13,14,15). The zero-order valence-electron chi connectivity index (χ0n) is 8.94. The molecule has 1 N–H and O–H groups in total. The summed E-state index contributed by atoms with van der Waals surface area (Å²) in [5, 5.41) is 4.07. The van der Waals surface area contributed by atoms with Crippen molar-refractivity contribution in [2.45, 2.75) is 13.0 Å². The summed E-state index contributed by atoms with van der Waals surface area (Å²) >= 11 is 4.88. The highest BCUT2D eigenvalue weighted by Crippen LogP contribution is 2.33. The molecule has 4 nitrogen and oxygen atoms in total. The van der Waals surface area contributed by atoms with E-state index in [1.54, 1.807) is 6.33 Å². The number of aromatic nitrogens is 2. The second kappa shape index (κ2) is 4.62. The quantitative estimate of drug-likeness (QED) is 0.947. The topological polar surface area (TPSA) is 47.0 Å². The largest absolute Gasteiger partial charge is 0.493 e. The lowest BCUT2D eigenvalue weighted by atomic mass is 10.1. The lowest BCUT2D eigenvalue weighted by Crippen LogP contribution is -2.01. The highest BCUT2D eigenvalue weighted by atomic mass is 79.9. The summed E-state index contributed by atoms with van der Waals surface area (Å²) < 4.78 is 10.7. The van der Waals surface area contributed by atoms with Crippen LogP contribution >= 0.6 is 27.5 Å². The molecule has 2 aromatic rings. The molecule has 1 aromatic carbocycles. The molecule has 0 bridgehead atoms. The van der Waals surface area contributed by atoms with Crippen LogP contribution in [0.5, 0.6) is 5.75 Å². The van der Waals surface area contributed by atoms with Gasteiger partial charge in [-0.1, -0.05) is 15.9 Å². The molecule has 0 spiro atoms. The second-order valence-corrected chi connectivity index (χ2v) is 5.45. The van der Waals surface area contributed by atoms with Crippen molar-refractivity contribution in [3.63, 3.8) is 0 Å². The first-order valence-electron chi connectivity index (χ1n) is 5.27. The number of benzene rings is 1. The zero-order valence-corrected chi connectivity index (χ0v) is 11.3. The van der Waals surface area contributed by atoms with E-state index >= 15 is 0 Å². The fraction of sp³-hybridized carbons (Fsp3) is 0.273. The molecule has 0 atom stereocenters. The lowest BCUT2D eigenvalue weighted by Gasteiger charge is -2.09. The van der Waals surface area contributed by atoms with Gasteiger partial charge in [0.05, 0.1) is 6.61 Å². The maximum Gasteiger partial charge on any atom is 0.202 e. The molecule has 88 valence electrons. The van der Waals surface area contributed by atoms with E-state index in [1.807, 2.05) is 0 Å². The molecule has 17 heavy (non-hydrogen) atoms. The fourth-order valence-corrected chi connectivity index (χ4v) is 2.88. The van der Waals surface area contributed by atoms with Crippen molar-refractivity contribution in [3.8, 4) is 5.75 Å². The normalized spacial score (nSPS) is 13.2. The first-order chi connectivity index (χ1) is 8.33. The predicted octanol–water partition coefficient (Wildman–Crippen LogP) is 2.85. The van der Waals surface area contributed by atoms with Crippen LogP contribution in [0.1, 0.15) is 11.1 Å². The average molecular weight is 312 g/mol. The number of halogens is 1. The van der Waals surface area contributed by atoms with E-state index in [9.17, 15) is 0 Å². The van der Waals surface area contributed by atoms with Crippen LogP contribution in [0.25, 0.3) is 0 Å². The minimum atomic E-state index is 0.705. The third kappa shape index (κ3) is 2.28. The van der Waals surface area contributed by atoms with Crippen LogP contribution in [0, 0.1) is 0 Å². The van der Waals surface area contributed by atoms with Crippen molar-refractivity contribution in [2.24, 2.45) is 0 Å². The molecule has 2 heterocycles. The average Bonchev–Trinajstić information content (AvgIpc) is 2.95. The van der Waals surface area contributed by atoms with Gasteiger partial charge in [0, 0.05) is 34.5 Å². The smallest absolute Gasteiger partial charge is 0.202 e. The first-order valence-corrected chi connectivity index (χ1v) is 6.84. The molecule has 0 saturated carbocycles. The summed E-state index contributed by atoms with van der Waals surface area (Å²) in [6.07, 6.45) is 2.54. The molecular weight excluding hydrogens is 302 g/mol. The number of anilines is 1. The van der Waals surface area contributed by atoms with E-state index in [4.69, 9.17) is 4.74 Å². The third-order valence-electron chi connectivity index (χ3n) is 2.62. The highest BCUT2D eigenvalue weighted by Gasteiger charge is 2.17. The number of ether oxygens (including phenoxy) is 1. The molecule has 1 aliphatic heterocycles. The Morgan fingerprint density at radius 1 is 1.47 bits per heavy atom. The number of hydrogen-bond acceptors (Lipinski definition) is 5. The van der Waals surface area contributed by atoms with Crippen LogP contribution in [0.2, 0.25) is 0 Å². The summed E-state index contributed by atoms with van der Waals surface area (Å²) in [7, 11) is 0. The Kier molecular flexibility index (Phi) is 2.98. The summed E-state index contributed by atoms with van der Waals surface area (Å²) in [4.78, 5) is 4.09. The van der Waals surface area contributed by atoms with Crippen molar-refractivity contribution < 1.29 is 4.74 Å². The van der Waals surface area contributed by atoms with Gasteiger partial charge in [-0.15, -0.1) is 0 Å². The van der Waals surface area contributed by atoms with E-state index < -0.39 is 0 Å². The molecule has 3 rings (SSSR count). The summed E-state index contributed by atoms with van der Waals surface area (Å²) in [5.41, 5.74) is 2.43. The van der Waals surface area contributed by atoms with E-state index in [2.05, 4.69) is 42.7 Å². The van der Waals surface area contributed by atoms with Gasteiger partial charge < -0.3 is 10.1 Å². The van der Waals surface area contributed by atoms with E-state index in [0.29, 0.717) is 6.54 Å². The van der Waals surface area contributed by atoms with Gasteiger partial charge in [0.1, 0.15) is 12.1 Å². The second-order valence-electron chi connectivity index (χ2n) is 3.75. The maximum absolute atomic E-state index is 5.66. The van der Waals surface area contributed by atoms with Crippen molar-refractivity contribution in [2.75, 3.05) is 11.9 Å². The molecule has 1 aromatic heterocycles. The van der Waals surface area contributed by atoms with Gasteiger partial charge in [0.15, 0.2) is 0 Å². The lowest BCUT2D eigenvalue weighted by molar-refractivity contribution is 0.354. The number of nitrogens with zero attached hydrogens (tertiary/aromatic N) is 2. The van der Waals surface area contributed by atoms with Crippen molar-refractivity contribution in [1.29, 1.82) is 0 Å². The molecule has 6 heteroatoms. The van der Waals surface area contributed by atoms with Crippen LogP contribution in [0.3, 0.4) is 0 Å². The van der Waals surface area contributed by atoms with Gasteiger partial charge in [-0.25, -0.2) is 4.98 Å². The van der Waals surface area contributed by atoms with Crippen LogP contribution < -0.4 is 10.1 Å². The summed E-state index contributed by atoms with van der Waals surface area (Å²) in [6.45, 7) is 1.48. The Balaban J connectivity index is 1.83. The number of fused-ring (bicyclic) bond motifs is 1. The third-order valence-corrected chi connectivity index (χ3v) is 3.70. The van der Waals surface area contributed by atoms with Crippen LogP contribution in [-0.4, -0.2) is 16.0 Å². The van der Waals surface area contributed by atoms with Gasteiger partial charge in [-0.05, 0) is 17.7 Å². The molecule has 0 amide bonds. The minimum Gasteiger partial charge on any atom is -0.493 e. The van der Waals surface area contributed by atoms with Gasteiger partial charge in [-0.3, -0.25) is 0 Å². The zero-order chi connectivity index (χ0) is 11.7. The van der Waals surface area contributed by atoms with Crippen molar-refractivity contribution in [3.05, 3.63) is 34.1 Å². The number of nitrogens with one attached hydrogen (secondary N) is 1. The minimum absolute atomic E-state index is 0.705. The van der Waals surface area contributed by atoms with E-state index in [1.165, 1.54) is 17.1 Å². The van der Waals surface area contributed by atoms with Gasteiger partial charge in [-0.2, -0.15) is 4.37 Å². The van der Waals surface area contributed by atoms with E-state index in [0.717, 1.165) is 33.9 Å². The predicted molar refractivity (Wildman–Crippen MR) is 70.6 cm³/mol. The summed E-state index contributed by atoms with van der Waals surface area (Å²) in [6, 6.07) is 4.20. The SMILES string of the molecule is Brc1cc2c(c(CNc3ncns3)c1)OCC2. The van der Waals surface area contributed by atoms with Crippen molar-refractivity contribution in [1.82, 2.24) is 9.36 Å². The Bertz CT molecular complexity index is 530. The highest BCUT2D eigenvalue weighted by molar-refractivity contribution is 9.10. The van der Waals surface area contributed by atoms with Gasteiger partial charge in [0.2, 0.25) is 5.13 Å². The molecule has 0 radical (unpaired) electrons. The molecular formula is C11H10BrN3OS. The Labute approximate surface area is 111 Å². The van der Waals surface area contributed by atoms with Crippen LogP contribution in [0.15, 0.2) is 22.9 Å². The maximum atomic E-state index is 5.66. The van der Waals surface area contributed by atoms with Crippen LogP contribution in [0.4, 0.5) is 5.13 Å². The Hall–Kier alpha value is -1.14.